The van der Waals surface area contributed by atoms with Gasteiger partial charge in [-0.15, -0.1) is 0 Å². The maximum absolute atomic E-state index is 11.7. The van der Waals surface area contributed by atoms with Gasteiger partial charge in [0, 0.05) is 12.2 Å². The van der Waals surface area contributed by atoms with Crippen molar-refractivity contribution >= 4 is 11.6 Å². The van der Waals surface area contributed by atoms with Crippen LogP contribution in [-0.2, 0) is 17.8 Å². The number of hydrogen-bond donors (Lipinski definition) is 2. The average Bonchev–Trinajstić information content (AvgIpc) is 2.98. The first-order valence-corrected chi connectivity index (χ1v) is 7.25. The SMILES string of the molecule is CC(C)CNC(=O)Cc1ccc(NCc2ccco2)cc1. The second-order valence-corrected chi connectivity index (χ2v) is 5.50. The molecule has 2 N–H and O–H groups in total. The van der Waals surface area contributed by atoms with Crippen LogP contribution in [0.5, 0.6) is 0 Å². The molecule has 0 bridgehead atoms. The fourth-order valence-electron chi connectivity index (χ4n) is 1.91. The minimum Gasteiger partial charge on any atom is -0.467 e. The quantitative estimate of drug-likeness (QED) is 0.821. The van der Waals surface area contributed by atoms with Crippen LogP contribution in [-0.4, -0.2) is 12.5 Å². The second-order valence-electron chi connectivity index (χ2n) is 5.50. The maximum atomic E-state index is 11.7. The lowest BCUT2D eigenvalue weighted by Crippen LogP contribution is -2.28. The Morgan fingerprint density at radius 3 is 2.57 bits per heavy atom. The number of carbonyl (C=O) groups is 1. The molecule has 0 radical (unpaired) electrons. The first kappa shape index (κ1) is 15.2. The lowest BCUT2D eigenvalue weighted by atomic mass is 10.1. The predicted molar refractivity (Wildman–Crippen MR) is 84.0 cm³/mol. The third-order valence-corrected chi connectivity index (χ3v) is 3.07. The van der Waals surface area contributed by atoms with E-state index < -0.39 is 0 Å². The Labute approximate surface area is 125 Å². The molecule has 0 atom stereocenters. The molecule has 0 saturated carbocycles. The number of rotatable bonds is 7. The molecule has 112 valence electrons. The van der Waals surface area contributed by atoms with Crippen LogP contribution in [0.25, 0.3) is 0 Å². The number of amides is 1. The van der Waals surface area contributed by atoms with Gasteiger partial charge in [0.25, 0.3) is 0 Å². The van der Waals surface area contributed by atoms with Crippen LogP contribution in [0.2, 0.25) is 0 Å². The summed E-state index contributed by atoms with van der Waals surface area (Å²) in [6, 6.07) is 11.7. The Morgan fingerprint density at radius 2 is 1.95 bits per heavy atom. The number of hydrogen-bond acceptors (Lipinski definition) is 3. The number of furan rings is 1. The van der Waals surface area contributed by atoms with E-state index in [-0.39, 0.29) is 5.91 Å². The number of carbonyl (C=O) groups excluding carboxylic acids is 1. The fourth-order valence-corrected chi connectivity index (χ4v) is 1.91. The van der Waals surface area contributed by atoms with E-state index in [0.717, 1.165) is 23.6 Å². The molecule has 0 aliphatic carbocycles. The van der Waals surface area contributed by atoms with Crippen molar-refractivity contribution in [3.05, 3.63) is 54.0 Å². The van der Waals surface area contributed by atoms with Crippen LogP contribution < -0.4 is 10.6 Å². The minimum atomic E-state index is 0.0694. The maximum Gasteiger partial charge on any atom is 0.224 e. The van der Waals surface area contributed by atoms with Crippen molar-refractivity contribution in [1.82, 2.24) is 5.32 Å². The summed E-state index contributed by atoms with van der Waals surface area (Å²) >= 11 is 0. The van der Waals surface area contributed by atoms with Gasteiger partial charge in [-0.25, -0.2) is 0 Å². The van der Waals surface area contributed by atoms with Gasteiger partial charge < -0.3 is 15.1 Å². The standard InChI is InChI=1S/C17H22N2O2/c1-13(2)11-19-17(20)10-14-5-7-15(8-6-14)18-12-16-4-3-9-21-16/h3-9,13,18H,10-12H2,1-2H3,(H,19,20). The molecule has 1 aromatic carbocycles. The highest BCUT2D eigenvalue weighted by Crippen LogP contribution is 2.12. The smallest absolute Gasteiger partial charge is 0.224 e. The highest BCUT2D eigenvalue weighted by Gasteiger charge is 2.04. The van der Waals surface area contributed by atoms with Gasteiger partial charge in [0.15, 0.2) is 0 Å². The van der Waals surface area contributed by atoms with E-state index >= 15 is 0 Å². The van der Waals surface area contributed by atoms with Gasteiger partial charge in [-0.1, -0.05) is 26.0 Å². The molecule has 0 aliphatic rings. The molecule has 0 fully saturated rings. The Bertz CT molecular complexity index is 545. The van der Waals surface area contributed by atoms with Crippen LogP contribution in [0.1, 0.15) is 25.2 Å². The van der Waals surface area contributed by atoms with Crippen molar-refractivity contribution in [3.63, 3.8) is 0 Å². The summed E-state index contributed by atoms with van der Waals surface area (Å²) in [6.07, 6.45) is 2.08. The number of nitrogens with one attached hydrogen (secondary N) is 2. The molecule has 21 heavy (non-hydrogen) atoms. The minimum absolute atomic E-state index is 0.0694. The summed E-state index contributed by atoms with van der Waals surface area (Å²) in [5, 5.41) is 6.20. The molecular formula is C17H22N2O2. The zero-order valence-electron chi connectivity index (χ0n) is 12.6. The van der Waals surface area contributed by atoms with Gasteiger partial charge in [0.05, 0.1) is 19.2 Å². The third-order valence-electron chi connectivity index (χ3n) is 3.07. The van der Waals surface area contributed by atoms with Crippen molar-refractivity contribution in [1.29, 1.82) is 0 Å². The Balaban J connectivity index is 1.80. The average molecular weight is 286 g/mol. The molecule has 2 rings (SSSR count). The highest BCUT2D eigenvalue weighted by atomic mass is 16.3. The predicted octanol–water partition coefficient (Wildman–Crippen LogP) is 3.21. The summed E-state index contributed by atoms with van der Waals surface area (Å²) in [4.78, 5) is 11.7. The Hall–Kier alpha value is -2.23. The number of benzene rings is 1. The van der Waals surface area contributed by atoms with Gasteiger partial charge in [0.1, 0.15) is 5.76 Å². The second kappa shape index (κ2) is 7.53. The molecule has 1 amide bonds. The van der Waals surface area contributed by atoms with Crippen molar-refractivity contribution in [2.45, 2.75) is 26.8 Å². The first-order chi connectivity index (χ1) is 10.1. The molecule has 0 unspecified atom stereocenters. The summed E-state index contributed by atoms with van der Waals surface area (Å²) in [5.41, 5.74) is 2.03. The third kappa shape index (κ3) is 5.34. The summed E-state index contributed by atoms with van der Waals surface area (Å²) in [7, 11) is 0. The van der Waals surface area contributed by atoms with Gasteiger partial charge in [-0.3, -0.25) is 4.79 Å². The Morgan fingerprint density at radius 1 is 1.19 bits per heavy atom. The van der Waals surface area contributed by atoms with Gasteiger partial charge in [-0.2, -0.15) is 0 Å². The van der Waals surface area contributed by atoms with Gasteiger partial charge in [-0.05, 0) is 35.7 Å². The van der Waals surface area contributed by atoms with Gasteiger partial charge >= 0.3 is 0 Å². The van der Waals surface area contributed by atoms with Crippen molar-refractivity contribution < 1.29 is 9.21 Å². The molecule has 2 aromatic rings. The largest absolute Gasteiger partial charge is 0.467 e. The lowest BCUT2D eigenvalue weighted by Gasteiger charge is -2.08. The van der Waals surface area contributed by atoms with E-state index in [9.17, 15) is 4.79 Å². The summed E-state index contributed by atoms with van der Waals surface area (Å²) in [6.45, 7) is 5.54. The van der Waals surface area contributed by atoms with Crippen LogP contribution in [0.4, 0.5) is 5.69 Å². The monoisotopic (exact) mass is 286 g/mol. The Kier molecular flexibility index (Phi) is 5.43. The normalized spacial score (nSPS) is 10.6. The lowest BCUT2D eigenvalue weighted by molar-refractivity contribution is -0.120. The van der Waals surface area contributed by atoms with Crippen molar-refractivity contribution in [2.24, 2.45) is 5.92 Å². The fraction of sp³-hybridized carbons (Fsp3) is 0.353. The molecule has 1 heterocycles. The van der Waals surface area contributed by atoms with E-state index in [1.54, 1.807) is 6.26 Å². The van der Waals surface area contributed by atoms with E-state index in [0.29, 0.717) is 18.9 Å². The molecule has 0 saturated heterocycles. The first-order valence-electron chi connectivity index (χ1n) is 7.25. The van der Waals surface area contributed by atoms with Crippen molar-refractivity contribution in [3.8, 4) is 0 Å². The molecule has 0 aliphatic heterocycles. The zero-order valence-corrected chi connectivity index (χ0v) is 12.6. The highest BCUT2D eigenvalue weighted by molar-refractivity contribution is 5.78. The van der Waals surface area contributed by atoms with Crippen LogP contribution in [0.3, 0.4) is 0 Å². The van der Waals surface area contributed by atoms with Crippen molar-refractivity contribution in [2.75, 3.05) is 11.9 Å². The summed E-state index contributed by atoms with van der Waals surface area (Å²) < 4.78 is 5.26. The van der Waals surface area contributed by atoms with E-state index in [2.05, 4.69) is 24.5 Å². The zero-order chi connectivity index (χ0) is 15.1. The molecule has 4 nitrogen and oxygen atoms in total. The number of anilines is 1. The van der Waals surface area contributed by atoms with E-state index in [1.807, 2.05) is 36.4 Å². The molecular weight excluding hydrogens is 264 g/mol. The van der Waals surface area contributed by atoms with Gasteiger partial charge in [0.2, 0.25) is 5.91 Å². The molecule has 1 aromatic heterocycles. The molecule has 0 spiro atoms. The topological polar surface area (TPSA) is 54.3 Å². The van der Waals surface area contributed by atoms with Crippen LogP contribution in [0, 0.1) is 5.92 Å². The van der Waals surface area contributed by atoms with E-state index in [1.165, 1.54) is 0 Å². The van der Waals surface area contributed by atoms with Crippen LogP contribution in [0.15, 0.2) is 47.1 Å². The van der Waals surface area contributed by atoms with E-state index in [4.69, 9.17) is 4.42 Å². The molecule has 4 heteroatoms. The summed E-state index contributed by atoms with van der Waals surface area (Å²) in [5.74, 6) is 1.44. The van der Waals surface area contributed by atoms with Crippen LogP contribution >= 0.6 is 0 Å².